The van der Waals surface area contributed by atoms with E-state index in [1.165, 1.54) is 103 Å². The second-order valence-electron chi connectivity index (χ2n) is 7.26. The van der Waals surface area contributed by atoms with Crippen molar-refractivity contribution in [2.45, 2.75) is 122 Å². The average molecular weight is 333 g/mol. The lowest BCUT2D eigenvalue weighted by Crippen LogP contribution is -1.92. The van der Waals surface area contributed by atoms with E-state index in [1.807, 2.05) is 12.1 Å². The van der Waals surface area contributed by atoms with Crippen LogP contribution in [0.3, 0.4) is 0 Å². The fraction of sp³-hybridized carbons (Fsp3) is 0.909. The van der Waals surface area contributed by atoms with Gasteiger partial charge in [-0.2, -0.15) is 10.5 Å². The Balaban J connectivity index is 3.06. The molecule has 0 bridgehead atoms. The van der Waals surface area contributed by atoms with Crippen LogP contribution in [0.2, 0.25) is 0 Å². The Hall–Kier alpha value is -1.02. The number of hydrogen-bond acceptors (Lipinski definition) is 2. The highest BCUT2D eigenvalue weighted by atomic mass is 14.3. The van der Waals surface area contributed by atoms with Gasteiger partial charge in [0.1, 0.15) is 5.92 Å². The first kappa shape index (κ1) is 23.0. The molecule has 0 saturated carbocycles. The molecule has 0 heterocycles. The molecule has 2 nitrogen and oxygen atoms in total. The first-order chi connectivity index (χ1) is 11.8. The molecule has 0 aromatic heterocycles. The monoisotopic (exact) mass is 332 g/mol. The van der Waals surface area contributed by atoms with Crippen LogP contribution in [-0.4, -0.2) is 0 Å². The minimum atomic E-state index is -0.388. The van der Waals surface area contributed by atoms with Gasteiger partial charge in [-0.05, 0) is 6.42 Å². The molecule has 0 rings (SSSR count). The van der Waals surface area contributed by atoms with Gasteiger partial charge in [0.05, 0.1) is 12.1 Å². The summed E-state index contributed by atoms with van der Waals surface area (Å²) < 4.78 is 0. The molecule has 0 aliphatic heterocycles. The molecule has 0 radical (unpaired) electrons. The van der Waals surface area contributed by atoms with Crippen LogP contribution in [0.1, 0.15) is 122 Å². The third-order valence-corrected chi connectivity index (χ3v) is 4.91. The van der Waals surface area contributed by atoms with Crippen LogP contribution < -0.4 is 0 Å². The van der Waals surface area contributed by atoms with Crippen LogP contribution in [0.5, 0.6) is 0 Å². The van der Waals surface area contributed by atoms with Crippen molar-refractivity contribution >= 4 is 0 Å². The molecule has 0 unspecified atom stereocenters. The molecule has 0 aromatic rings. The zero-order chi connectivity index (χ0) is 17.7. The van der Waals surface area contributed by atoms with Crippen LogP contribution in [0.25, 0.3) is 0 Å². The number of nitrogens with zero attached hydrogens (tertiary/aromatic N) is 2. The molecule has 0 spiro atoms. The molecule has 0 atom stereocenters. The molecular weight excluding hydrogens is 292 g/mol. The van der Waals surface area contributed by atoms with Crippen LogP contribution in [0.15, 0.2) is 0 Å². The smallest absolute Gasteiger partial charge is 0.133 e. The molecule has 0 saturated heterocycles. The summed E-state index contributed by atoms with van der Waals surface area (Å²) in [6.07, 6.45) is 24.0. The molecule has 138 valence electrons. The van der Waals surface area contributed by atoms with E-state index in [4.69, 9.17) is 10.5 Å². The van der Waals surface area contributed by atoms with Crippen LogP contribution >= 0.6 is 0 Å². The van der Waals surface area contributed by atoms with Crippen molar-refractivity contribution in [1.29, 1.82) is 10.5 Å². The second-order valence-corrected chi connectivity index (χ2v) is 7.26. The lowest BCUT2D eigenvalue weighted by atomic mass is 10.0. The Morgan fingerprint density at radius 3 is 1.08 bits per heavy atom. The molecule has 0 aromatic carbocycles. The van der Waals surface area contributed by atoms with Crippen LogP contribution in [-0.2, 0) is 0 Å². The lowest BCUT2D eigenvalue weighted by molar-refractivity contribution is 0.522. The Morgan fingerprint density at radius 2 is 0.792 bits per heavy atom. The fourth-order valence-electron chi connectivity index (χ4n) is 3.23. The van der Waals surface area contributed by atoms with Gasteiger partial charge in [0, 0.05) is 0 Å². The summed E-state index contributed by atoms with van der Waals surface area (Å²) in [7, 11) is 0. The van der Waals surface area contributed by atoms with Crippen molar-refractivity contribution < 1.29 is 0 Å². The zero-order valence-corrected chi connectivity index (χ0v) is 16.2. The van der Waals surface area contributed by atoms with E-state index in [0.717, 1.165) is 12.8 Å². The highest BCUT2D eigenvalue weighted by Gasteiger charge is 2.03. The second kappa shape index (κ2) is 20.0. The van der Waals surface area contributed by atoms with E-state index in [9.17, 15) is 0 Å². The van der Waals surface area contributed by atoms with E-state index >= 15 is 0 Å². The van der Waals surface area contributed by atoms with Gasteiger partial charge in [0.25, 0.3) is 0 Å². The molecular formula is C22H40N2. The van der Waals surface area contributed by atoms with Crippen molar-refractivity contribution in [3.05, 3.63) is 0 Å². The summed E-state index contributed by atoms with van der Waals surface area (Å²) in [5, 5.41) is 17.4. The Morgan fingerprint density at radius 1 is 0.500 bits per heavy atom. The Bertz CT molecular complexity index is 310. The highest BCUT2D eigenvalue weighted by molar-refractivity contribution is 4.98. The average Bonchev–Trinajstić information content (AvgIpc) is 2.61. The SMILES string of the molecule is CCCCCCCCCCCCCCCCCCCC(C#N)C#N. The molecule has 0 aliphatic carbocycles. The summed E-state index contributed by atoms with van der Waals surface area (Å²) >= 11 is 0. The third-order valence-electron chi connectivity index (χ3n) is 4.91. The normalized spacial score (nSPS) is 10.7. The van der Waals surface area contributed by atoms with Crippen molar-refractivity contribution in [3.8, 4) is 12.1 Å². The first-order valence-electron chi connectivity index (χ1n) is 10.6. The van der Waals surface area contributed by atoms with Crippen molar-refractivity contribution in [3.63, 3.8) is 0 Å². The Kier molecular flexibility index (Phi) is 19.2. The largest absolute Gasteiger partial charge is 0.197 e. The zero-order valence-electron chi connectivity index (χ0n) is 16.2. The van der Waals surface area contributed by atoms with Crippen LogP contribution in [0, 0.1) is 28.6 Å². The van der Waals surface area contributed by atoms with Crippen molar-refractivity contribution in [2.24, 2.45) is 5.92 Å². The van der Waals surface area contributed by atoms with Gasteiger partial charge in [0.15, 0.2) is 0 Å². The number of nitriles is 2. The summed E-state index contributed by atoms with van der Waals surface area (Å²) in [6, 6.07) is 4.09. The molecule has 0 amide bonds. The number of unbranched alkanes of at least 4 members (excludes halogenated alkanes) is 16. The van der Waals surface area contributed by atoms with Gasteiger partial charge in [-0.25, -0.2) is 0 Å². The third kappa shape index (κ3) is 17.3. The molecule has 0 N–H and O–H groups in total. The predicted molar refractivity (Wildman–Crippen MR) is 103 cm³/mol. The molecule has 0 aliphatic rings. The summed E-state index contributed by atoms with van der Waals surface area (Å²) in [5.41, 5.74) is 0. The molecule has 0 fully saturated rings. The van der Waals surface area contributed by atoms with Gasteiger partial charge >= 0.3 is 0 Å². The summed E-state index contributed by atoms with van der Waals surface area (Å²) in [4.78, 5) is 0. The van der Waals surface area contributed by atoms with Gasteiger partial charge in [0.2, 0.25) is 0 Å². The van der Waals surface area contributed by atoms with E-state index < -0.39 is 0 Å². The van der Waals surface area contributed by atoms with E-state index in [2.05, 4.69) is 6.92 Å². The molecule has 2 heteroatoms. The van der Waals surface area contributed by atoms with Gasteiger partial charge in [-0.15, -0.1) is 0 Å². The summed E-state index contributed by atoms with van der Waals surface area (Å²) in [5.74, 6) is -0.388. The van der Waals surface area contributed by atoms with E-state index in [-0.39, 0.29) is 5.92 Å². The topological polar surface area (TPSA) is 47.6 Å². The standard InChI is InChI=1S/C22H40N2/c1-2-3-4-5-6-7-8-9-10-11-12-13-14-15-16-17-18-19-22(20-23)21-24/h22H,2-19H2,1H3. The van der Waals surface area contributed by atoms with E-state index in [0.29, 0.717) is 0 Å². The predicted octanol–water partition coefficient (Wildman–Crippen LogP) is 7.69. The maximum atomic E-state index is 8.69. The van der Waals surface area contributed by atoms with E-state index in [1.54, 1.807) is 0 Å². The van der Waals surface area contributed by atoms with Crippen molar-refractivity contribution in [2.75, 3.05) is 0 Å². The highest BCUT2D eigenvalue weighted by Crippen LogP contribution is 2.15. The molecule has 24 heavy (non-hydrogen) atoms. The summed E-state index contributed by atoms with van der Waals surface area (Å²) in [6.45, 7) is 2.28. The number of hydrogen-bond donors (Lipinski definition) is 0. The van der Waals surface area contributed by atoms with Crippen LogP contribution in [0.4, 0.5) is 0 Å². The van der Waals surface area contributed by atoms with Gasteiger partial charge < -0.3 is 0 Å². The maximum absolute atomic E-state index is 8.69. The maximum Gasteiger partial charge on any atom is 0.133 e. The number of rotatable bonds is 18. The quantitative estimate of drug-likeness (QED) is 0.241. The minimum Gasteiger partial charge on any atom is -0.197 e. The Labute approximate surface area is 151 Å². The van der Waals surface area contributed by atoms with Crippen molar-refractivity contribution in [1.82, 2.24) is 0 Å². The fourth-order valence-corrected chi connectivity index (χ4v) is 3.23. The van der Waals surface area contributed by atoms with Gasteiger partial charge in [-0.1, -0.05) is 116 Å². The van der Waals surface area contributed by atoms with Gasteiger partial charge in [-0.3, -0.25) is 0 Å². The minimum absolute atomic E-state index is 0.388. The lowest BCUT2D eigenvalue weighted by Gasteiger charge is -2.04. The first-order valence-corrected chi connectivity index (χ1v) is 10.6.